The van der Waals surface area contributed by atoms with Crippen LogP contribution in [0.4, 0.5) is 0 Å². The van der Waals surface area contributed by atoms with E-state index in [1.165, 1.54) is 17.8 Å². The summed E-state index contributed by atoms with van der Waals surface area (Å²) < 4.78 is 22.1. The Balaban J connectivity index is 3.47. The fraction of sp³-hybridized carbons (Fsp3) is 0.143. The van der Waals surface area contributed by atoms with Gasteiger partial charge in [0.05, 0.1) is 9.92 Å². The van der Waals surface area contributed by atoms with Crippen molar-refractivity contribution in [3.63, 3.8) is 0 Å². The summed E-state index contributed by atoms with van der Waals surface area (Å²) in [6.45, 7) is 0. The zero-order valence-electron chi connectivity index (χ0n) is 6.62. The first-order valence-electron chi connectivity index (χ1n) is 3.24. The summed E-state index contributed by atoms with van der Waals surface area (Å²) in [7, 11) is 1.51. The molecular weight excluding hydrogens is 251 g/mol. The number of hydrogen-bond donors (Lipinski definition) is 0. The van der Waals surface area contributed by atoms with Gasteiger partial charge in [0.15, 0.2) is 0 Å². The predicted octanol–water partition coefficient (Wildman–Crippen LogP) is 2.99. The molecule has 0 heterocycles. The molecule has 0 saturated heterocycles. The van der Waals surface area contributed by atoms with Crippen LogP contribution in [0.15, 0.2) is 28.0 Å². The molecule has 0 N–H and O–H groups in total. The molecule has 72 valence electrons. The molecule has 0 atom stereocenters. The summed E-state index contributed by atoms with van der Waals surface area (Å²) >= 11 is 7.05. The third-order valence-corrected chi connectivity index (χ3v) is 4.17. The van der Waals surface area contributed by atoms with Crippen molar-refractivity contribution in [1.82, 2.24) is 0 Å². The highest BCUT2D eigenvalue weighted by Gasteiger charge is 2.16. The second-order valence-corrected chi connectivity index (χ2v) is 5.97. The Labute approximate surface area is 90.7 Å². The molecule has 0 aromatic heterocycles. The fourth-order valence-corrected chi connectivity index (χ4v) is 3.55. The Morgan fingerprint density at radius 1 is 1.38 bits per heavy atom. The molecule has 1 aromatic rings. The van der Waals surface area contributed by atoms with Gasteiger partial charge in [0, 0.05) is 15.6 Å². The zero-order valence-corrected chi connectivity index (χ0v) is 9.77. The van der Waals surface area contributed by atoms with Gasteiger partial charge in [-0.25, -0.2) is 8.42 Å². The average molecular weight is 257 g/mol. The minimum absolute atomic E-state index is 0.0640. The summed E-state index contributed by atoms with van der Waals surface area (Å²) in [6.07, 6.45) is 1.74. The van der Waals surface area contributed by atoms with Crippen molar-refractivity contribution < 1.29 is 8.42 Å². The Morgan fingerprint density at radius 2 is 2.00 bits per heavy atom. The SMILES string of the molecule is CSc1c(Cl)cccc1S(=O)(=O)Cl. The van der Waals surface area contributed by atoms with Crippen molar-refractivity contribution in [1.29, 1.82) is 0 Å². The molecule has 0 unspecified atom stereocenters. The minimum atomic E-state index is -3.70. The number of benzene rings is 1. The van der Waals surface area contributed by atoms with Gasteiger partial charge < -0.3 is 0 Å². The summed E-state index contributed by atoms with van der Waals surface area (Å²) in [6, 6.07) is 4.61. The van der Waals surface area contributed by atoms with E-state index in [0.717, 1.165) is 0 Å². The molecule has 1 aromatic carbocycles. The lowest BCUT2D eigenvalue weighted by molar-refractivity contribution is 0.608. The third kappa shape index (κ3) is 2.53. The summed E-state index contributed by atoms with van der Waals surface area (Å²) in [5.41, 5.74) is 0. The van der Waals surface area contributed by atoms with Crippen LogP contribution in [-0.2, 0) is 9.05 Å². The van der Waals surface area contributed by atoms with E-state index in [4.69, 9.17) is 22.3 Å². The molecule has 0 radical (unpaired) electrons. The van der Waals surface area contributed by atoms with Crippen molar-refractivity contribution in [2.45, 2.75) is 9.79 Å². The molecule has 2 nitrogen and oxygen atoms in total. The first-order chi connectivity index (χ1) is 5.96. The molecule has 1 rings (SSSR count). The van der Waals surface area contributed by atoms with E-state index in [0.29, 0.717) is 9.92 Å². The second kappa shape index (κ2) is 4.09. The third-order valence-electron chi connectivity index (χ3n) is 1.40. The number of hydrogen-bond acceptors (Lipinski definition) is 3. The van der Waals surface area contributed by atoms with Gasteiger partial charge in [-0.3, -0.25) is 0 Å². The minimum Gasteiger partial charge on any atom is -0.207 e. The Kier molecular flexibility index (Phi) is 3.51. The molecule has 13 heavy (non-hydrogen) atoms. The molecular formula is C7H6Cl2O2S2. The van der Waals surface area contributed by atoms with Crippen LogP contribution in [-0.4, -0.2) is 14.7 Å². The average Bonchev–Trinajstić information content (AvgIpc) is 2.02. The Bertz CT molecular complexity index is 415. The van der Waals surface area contributed by atoms with E-state index in [1.807, 2.05) is 0 Å². The highest BCUT2D eigenvalue weighted by atomic mass is 35.7. The molecule has 0 fully saturated rings. The van der Waals surface area contributed by atoms with E-state index in [-0.39, 0.29) is 4.90 Å². The largest absolute Gasteiger partial charge is 0.262 e. The van der Waals surface area contributed by atoms with Gasteiger partial charge in [-0.1, -0.05) is 17.7 Å². The van der Waals surface area contributed by atoms with Gasteiger partial charge in [-0.2, -0.15) is 0 Å². The van der Waals surface area contributed by atoms with Crippen molar-refractivity contribution >= 4 is 43.1 Å². The van der Waals surface area contributed by atoms with E-state index >= 15 is 0 Å². The molecule has 0 spiro atoms. The highest BCUT2D eigenvalue weighted by molar-refractivity contribution is 8.14. The van der Waals surface area contributed by atoms with Gasteiger partial charge in [-0.05, 0) is 18.4 Å². The van der Waals surface area contributed by atoms with Crippen LogP contribution >= 0.6 is 34.0 Å². The quantitative estimate of drug-likeness (QED) is 0.603. The van der Waals surface area contributed by atoms with E-state index in [9.17, 15) is 8.42 Å². The van der Waals surface area contributed by atoms with Crippen LogP contribution in [0, 0.1) is 0 Å². The molecule has 0 bridgehead atoms. The van der Waals surface area contributed by atoms with Crippen LogP contribution in [0.2, 0.25) is 5.02 Å². The smallest absolute Gasteiger partial charge is 0.207 e. The normalized spacial score (nSPS) is 11.6. The van der Waals surface area contributed by atoms with Crippen molar-refractivity contribution in [2.24, 2.45) is 0 Å². The standard InChI is InChI=1S/C7H6Cl2O2S2/c1-12-7-5(8)3-2-4-6(7)13(9,10)11/h2-4H,1H3. The number of thioether (sulfide) groups is 1. The van der Waals surface area contributed by atoms with E-state index < -0.39 is 9.05 Å². The molecule has 0 aliphatic heterocycles. The molecule has 0 saturated carbocycles. The maximum Gasteiger partial charge on any atom is 0.262 e. The summed E-state index contributed by atoms with van der Waals surface area (Å²) in [4.78, 5) is 0.549. The first-order valence-corrected chi connectivity index (χ1v) is 7.15. The first kappa shape index (κ1) is 11.2. The Morgan fingerprint density at radius 3 is 2.38 bits per heavy atom. The lowest BCUT2D eigenvalue weighted by Gasteiger charge is -2.04. The number of halogens is 2. The van der Waals surface area contributed by atoms with Gasteiger partial charge in [0.1, 0.15) is 0 Å². The van der Waals surface area contributed by atoms with Gasteiger partial charge in [-0.15, -0.1) is 11.8 Å². The molecule has 0 amide bonds. The molecule has 6 heteroatoms. The van der Waals surface area contributed by atoms with Crippen LogP contribution < -0.4 is 0 Å². The van der Waals surface area contributed by atoms with Gasteiger partial charge >= 0.3 is 0 Å². The zero-order chi connectivity index (χ0) is 10.1. The van der Waals surface area contributed by atoms with Crippen LogP contribution in [0.1, 0.15) is 0 Å². The lowest BCUT2D eigenvalue weighted by Crippen LogP contribution is -1.93. The van der Waals surface area contributed by atoms with Crippen molar-refractivity contribution in [3.05, 3.63) is 23.2 Å². The van der Waals surface area contributed by atoms with Gasteiger partial charge in [0.25, 0.3) is 9.05 Å². The monoisotopic (exact) mass is 256 g/mol. The lowest BCUT2D eigenvalue weighted by atomic mass is 10.4. The van der Waals surface area contributed by atoms with Gasteiger partial charge in [0.2, 0.25) is 0 Å². The highest BCUT2D eigenvalue weighted by Crippen LogP contribution is 2.33. The fourth-order valence-electron chi connectivity index (χ4n) is 0.879. The van der Waals surface area contributed by atoms with Crippen molar-refractivity contribution in [2.75, 3.05) is 6.26 Å². The van der Waals surface area contributed by atoms with Crippen LogP contribution in [0.3, 0.4) is 0 Å². The molecule has 0 aliphatic carbocycles. The van der Waals surface area contributed by atoms with Crippen molar-refractivity contribution in [3.8, 4) is 0 Å². The van der Waals surface area contributed by atoms with E-state index in [2.05, 4.69) is 0 Å². The predicted molar refractivity (Wildman–Crippen MR) is 56.3 cm³/mol. The maximum atomic E-state index is 11.1. The Hall–Kier alpha value is 0.1000. The maximum absolute atomic E-state index is 11.1. The topological polar surface area (TPSA) is 34.1 Å². The summed E-state index contributed by atoms with van der Waals surface area (Å²) in [5.74, 6) is 0. The van der Waals surface area contributed by atoms with E-state index in [1.54, 1.807) is 18.4 Å². The summed E-state index contributed by atoms with van der Waals surface area (Å²) in [5, 5.41) is 0.397. The number of rotatable bonds is 2. The van der Waals surface area contributed by atoms with Crippen LogP contribution in [0.25, 0.3) is 0 Å². The van der Waals surface area contributed by atoms with Crippen LogP contribution in [0.5, 0.6) is 0 Å². The molecule has 0 aliphatic rings. The second-order valence-electron chi connectivity index (χ2n) is 2.21.